The van der Waals surface area contributed by atoms with Gasteiger partial charge in [-0.1, -0.05) is 15.9 Å². The lowest BCUT2D eigenvalue weighted by Crippen LogP contribution is -2.42. The van der Waals surface area contributed by atoms with Gasteiger partial charge in [0.2, 0.25) is 0 Å². The van der Waals surface area contributed by atoms with Crippen molar-refractivity contribution in [2.45, 2.75) is 12.8 Å². The maximum atomic E-state index is 12.2. The van der Waals surface area contributed by atoms with Crippen LogP contribution in [0.15, 0.2) is 27.1 Å². The van der Waals surface area contributed by atoms with Crippen LogP contribution in [-0.4, -0.2) is 43.6 Å². The Bertz CT molecular complexity index is 556. The summed E-state index contributed by atoms with van der Waals surface area (Å²) in [4.78, 5) is 25.3. The Balaban J connectivity index is 1.82. The number of amides is 1. The molecule has 120 valence electrons. The molecule has 1 aliphatic heterocycles. The number of nitrogens with zero attached hydrogens (tertiary/aromatic N) is 1. The molecule has 0 aliphatic carbocycles. The van der Waals surface area contributed by atoms with Gasteiger partial charge in [0.25, 0.3) is 5.91 Å². The van der Waals surface area contributed by atoms with Crippen LogP contribution in [0.4, 0.5) is 0 Å². The zero-order valence-electron chi connectivity index (χ0n) is 12.2. The molecule has 0 aromatic heterocycles. The minimum atomic E-state index is -0.192. The molecule has 1 heterocycles. The molecule has 7 heteroatoms. The van der Waals surface area contributed by atoms with E-state index in [9.17, 15) is 9.59 Å². The van der Waals surface area contributed by atoms with E-state index in [1.165, 1.54) is 7.11 Å². The number of likely N-dealkylation sites (tertiary alicyclic amines) is 1. The van der Waals surface area contributed by atoms with Gasteiger partial charge in [-0.2, -0.15) is 0 Å². The number of hydrogen-bond donors (Lipinski definition) is 0. The fourth-order valence-corrected chi connectivity index (χ4v) is 3.52. The van der Waals surface area contributed by atoms with Crippen LogP contribution < -0.4 is 4.74 Å². The molecule has 1 amide bonds. The predicted octanol–water partition coefficient (Wildman–Crippen LogP) is 3.00. The van der Waals surface area contributed by atoms with E-state index in [4.69, 9.17) is 9.47 Å². The van der Waals surface area contributed by atoms with Crippen LogP contribution in [0.2, 0.25) is 0 Å². The molecule has 0 N–H and O–H groups in total. The predicted molar refractivity (Wildman–Crippen MR) is 88.7 cm³/mol. The molecule has 0 saturated carbocycles. The van der Waals surface area contributed by atoms with Crippen molar-refractivity contribution >= 4 is 43.7 Å². The molecule has 1 fully saturated rings. The van der Waals surface area contributed by atoms with Gasteiger partial charge in [-0.25, -0.2) is 0 Å². The molecule has 1 saturated heterocycles. The van der Waals surface area contributed by atoms with E-state index in [1.807, 2.05) is 12.1 Å². The number of ether oxygens (including phenoxy) is 2. The Morgan fingerprint density at radius 1 is 1.27 bits per heavy atom. The topological polar surface area (TPSA) is 55.8 Å². The Hall–Kier alpha value is -1.08. The monoisotopic (exact) mass is 433 g/mol. The summed E-state index contributed by atoms with van der Waals surface area (Å²) in [6, 6.07) is 5.51. The van der Waals surface area contributed by atoms with E-state index >= 15 is 0 Å². The highest BCUT2D eigenvalue weighted by Gasteiger charge is 2.27. The quantitative estimate of drug-likeness (QED) is 0.683. The van der Waals surface area contributed by atoms with Crippen molar-refractivity contribution in [1.82, 2.24) is 4.90 Å². The highest BCUT2D eigenvalue weighted by Crippen LogP contribution is 2.28. The van der Waals surface area contributed by atoms with Crippen molar-refractivity contribution in [3.8, 4) is 5.75 Å². The normalized spacial score (nSPS) is 15.5. The van der Waals surface area contributed by atoms with Gasteiger partial charge in [0.05, 0.1) is 17.5 Å². The second-order valence-corrected chi connectivity index (χ2v) is 6.81. The zero-order valence-corrected chi connectivity index (χ0v) is 15.4. The minimum absolute atomic E-state index is 0.0108. The van der Waals surface area contributed by atoms with Crippen LogP contribution in [0.3, 0.4) is 0 Å². The first-order valence-corrected chi connectivity index (χ1v) is 8.53. The Morgan fingerprint density at radius 3 is 2.55 bits per heavy atom. The van der Waals surface area contributed by atoms with E-state index in [2.05, 4.69) is 31.9 Å². The first-order chi connectivity index (χ1) is 10.5. The minimum Gasteiger partial charge on any atom is -0.483 e. The standard InChI is InChI=1S/C15H17Br2NO4/c1-21-15(20)10-4-6-18(7-5-10)14(19)9-22-13-3-2-11(16)8-12(13)17/h2-3,8,10H,4-7,9H2,1H3. The van der Waals surface area contributed by atoms with E-state index < -0.39 is 0 Å². The molecular formula is C15H17Br2NO4. The highest BCUT2D eigenvalue weighted by atomic mass is 79.9. The molecule has 0 bridgehead atoms. The van der Waals surface area contributed by atoms with Crippen LogP contribution in [0.25, 0.3) is 0 Å². The maximum absolute atomic E-state index is 12.2. The summed E-state index contributed by atoms with van der Waals surface area (Å²) in [5, 5.41) is 0. The third kappa shape index (κ3) is 4.46. The van der Waals surface area contributed by atoms with E-state index in [0.717, 1.165) is 8.95 Å². The lowest BCUT2D eigenvalue weighted by molar-refractivity contribution is -0.149. The molecule has 0 unspecified atom stereocenters. The number of benzene rings is 1. The number of halogens is 2. The van der Waals surface area contributed by atoms with Crippen molar-refractivity contribution in [3.63, 3.8) is 0 Å². The van der Waals surface area contributed by atoms with Gasteiger partial charge in [0, 0.05) is 17.6 Å². The number of esters is 1. The number of hydrogen-bond acceptors (Lipinski definition) is 4. The summed E-state index contributed by atoms with van der Waals surface area (Å²) < 4.78 is 12.0. The van der Waals surface area contributed by atoms with Crippen molar-refractivity contribution in [3.05, 3.63) is 27.1 Å². The summed E-state index contributed by atoms with van der Waals surface area (Å²) in [5.41, 5.74) is 0. The van der Waals surface area contributed by atoms with Crippen LogP contribution in [0, 0.1) is 5.92 Å². The summed E-state index contributed by atoms with van der Waals surface area (Å²) in [6.45, 7) is 1.11. The average molecular weight is 435 g/mol. The molecule has 0 radical (unpaired) electrons. The second-order valence-electron chi connectivity index (χ2n) is 5.04. The lowest BCUT2D eigenvalue weighted by atomic mass is 9.97. The Labute approximate surface area is 146 Å². The third-order valence-corrected chi connectivity index (χ3v) is 4.74. The SMILES string of the molecule is COC(=O)C1CCN(C(=O)COc2ccc(Br)cc2Br)CC1. The number of piperidine rings is 1. The fraction of sp³-hybridized carbons (Fsp3) is 0.467. The molecule has 0 atom stereocenters. The average Bonchev–Trinajstić information content (AvgIpc) is 2.53. The lowest BCUT2D eigenvalue weighted by Gasteiger charge is -2.30. The van der Waals surface area contributed by atoms with Gasteiger partial charge in [0.1, 0.15) is 5.75 Å². The smallest absolute Gasteiger partial charge is 0.308 e. The van der Waals surface area contributed by atoms with Crippen LogP contribution in [0.1, 0.15) is 12.8 Å². The van der Waals surface area contributed by atoms with Gasteiger partial charge in [0.15, 0.2) is 6.61 Å². The van der Waals surface area contributed by atoms with E-state index in [0.29, 0.717) is 31.7 Å². The summed E-state index contributed by atoms with van der Waals surface area (Å²) in [5.74, 6) is 0.261. The van der Waals surface area contributed by atoms with E-state index in [1.54, 1.807) is 11.0 Å². The molecule has 1 aromatic carbocycles. The van der Waals surface area contributed by atoms with Gasteiger partial charge in [-0.05, 0) is 47.0 Å². The molecule has 5 nitrogen and oxygen atoms in total. The van der Waals surface area contributed by atoms with Crippen molar-refractivity contribution in [1.29, 1.82) is 0 Å². The Morgan fingerprint density at radius 2 is 1.95 bits per heavy atom. The summed E-state index contributed by atoms with van der Waals surface area (Å²) in [6.07, 6.45) is 1.28. The first kappa shape index (κ1) is 17.3. The van der Waals surface area contributed by atoms with Crippen LogP contribution in [-0.2, 0) is 14.3 Å². The molecular weight excluding hydrogens is 418 g/mol. The number of rotatable bonds is 4. The molecule has 2 rings (SSSR count). The number of carbonyl (C=O) groups excluding carboxylic acids is 2. The van der Waals surface area contributed by atoms with Crippen molar-refractivity contribution < 1.29 is 19.1 Å². The van der Waals surface area contributed by atoms with Crippen LogP contribution >= 0.6 is 31.9 Å². The highest BCUT2D eigenvalue weighted by molar-refractivity contribution is 9.11. The summed E-state index contributed by atoms with van der Waals surface area (Å²) in [7, 11) is 1.39. The Kier molecular flexibility index (Phi) is 6.26. The van der Waals surface area contributed by atoms with Crippen molar-refractivity contribution in [2.75, 3.05) is 26.8 Å². The van der Waals surface area contributed by atoms with Gasteiger partial charge in [-0.3, -0.25) is 9.59 Å². The molecule has 22 heavy (non-hydrogen) atoms. The van der Waals surface area contributed by atoms with Gasteiger partial charge >= 0.3 is 5.97 Å². The first-order valence-electron chi connectivity index (χ1n) is 6.94. The number of carbonyl (C=O) groups is 2. The second kappa shape index (κ2) is 7.97. The zero-order chi connectivity index (χ0) is 16.1. The van der Waals surface area contributed by atoms with Crippen molar-refractivity contribution in [2.24, 2.45) is 5.92 Å². The fourth-order valence-electron chi connectivity index (χ4n) is 2.35. The van der Waals surface area contributed by atoms with E-state index in [-0.39, 0.29) is 24.4 Å². The molecule has 1 aromatic rings. The largest absolute Gasteiger partial charge is 0.483 e. The summed E-state index contributed by atoms with van der Waals surface area (Å²) >= 11 is 6.76. The number of methoxy groups -OCH3 is 1. The van der Waals surface area contributed by atoms with Gasteiger partial charge in [-0.15, -0.1) is 0 Å². The maximum Gasteiger partial charge on any atom is 0.308 e. The third-order valence-electron chi connectivity index (χ3n) is 3.63. The molecule has 0 spiro atoms. The van der Waals surface area contributed by atoms with Gasteiger partial charge < -0.3 is 14.4 Å². The molecule has 1 aliphatic rings. The van der Waals surface area contributed by atoms with Crippen LogP contribution in [0.5, 0.6) is 5.75 Å².